The molecular weight excluding hydrogens is 805 g/mol. The molecule has 0 fully saturated rings. The molecule has 0 aromatic rings. The SMILES string of the molecule is CC/C=C\C/C=C\C/C=C\C/C=C\C/C=C\CCCCCC(=O)OC[C@@H](COC(=O)CCCCCCC/C=C\CCCCCC)OC(=O)CCCCCCCCCCCCCCCCC. The topological polar surface area (TPSA) is 78.9 Å². The lowest BCUT2D eigenvalue weighted by Crippen LogP contribution is -2.30. The number of hydrogen-bond donors (Lipinski definition) is 0. The number of allylic oxidation sites excluding steroid dienone is 12. The molecule has 0 aromatic heterocycles. The lowest BCUT2D eigenvalue weighted by molar-refractivity contribution is -0.167. The number of esters is 3. The summed E-state index contributed by atoms with van der Waals surface area (Å²) >= 11 is 0. The Labute approximate surface area is 402 Å². The number of carbonyl (C=O) groups is 3. The van der Waals surface area contributed by atoms with Crippen molar-refractivity contribution in [3.63, 3.8) is 0 Å². The molecule has 0 aliphatic rings. The van der Waals surface area contributed by atoms with Crippen LogP contribution < -0.4 is 0 Å². The standard InChI is InChI=1S/C59H102O6/c1-4-7-10-13-16-19-22-25-27-28-29-30-32-34-37-40-43-46-49-52-58(61)64-55-56(54-63-57(60)51-48-45-42-39-36-33-24-21-18-15-12-9-6-3)65-59(62)53-50-47-44-41-38-35-31-26-23-20-17-14-11-8-5-2/h7,10,16,19,21,24-25,27,29-30,34,37,56H,4-6,8-9,11-15,17-18,20,22-23,26,28,31-33,35-36,38-55H2,1-3H3/b10-7-,19-16-,24-21-,27-25-,30-29-,37-34-/t56-/m1/s1. The summed E-state index contributed by atoms with van der Waals surface area (Å²) < 4.78 is 16.8. The largest absolute Gasteiger partial charge is 0.462 e. The third-order valence-corrected chi connectivity index (χ3v) is 11.7. The van der Waals surface area contributed by atoms with Crippen molar-refractivity contribution in [2.75, 3.05) is 13.2 Å². The second-order valence-electron chi connectivity index (χ2n) is 18.1. The van der Waals surface area contributed by atoms with Gasteiger partial charge in [-0.15, -0.1) is 0 Å². The van der Waals surface area contributed by atoms with Crippen LogP contribution in [-0.2, 0) is 28.6 Å². The van der Waals surface area contributed by atoms with E-state index in [1.807, 2.05) is 0 Å². The summed E-state index contributed by atoms with van der Waals surface area (Å²) in [7, 11) is 0. The molecule has 0 aromatic carbocycles. The van der Waals surface area contributed by atoms with Crippen molar-refractivity contribution in [2.24, 2.45) is 0 Å². The van der Waals surface area contributed by atoms with Crippen molar-refractivity contribution < 1.29 is 28.6 Å². The number of ether oxygens (including phenoxy) is 3. The summed E-state index contributed by atoms with van der Waals surface area (Å²) in [6, 6.07) is 0. The summed E-state index contributed by atoms with van der Waals surface area (Å²) in [5, 5.41) is 0. The van der Waals surface area contributed by atoms with Gasteiger partial charge in [-0.1, -0.05) is 229 Å². The summed E-state index contributed by atoms with van der Waals surface area (Å²) in [5.74, 6) is -0.923. The first-order valence-corrected chi connectivity index (χ1v) is 27.4. The highest BCUT2D eigenvalue weighted by molar-refractivity contribution is 5.71. The van der Waals surface area contributed by atoms with Gasteiger partial charge < -0.3 is 14.2 Å². The molecule has 0 N–H and O–H groups in total. The van der Waals surface area contributed by atoms with Crippen molar-refractivity contribution >= 4 is 17.9 Å². The summed E-state index contributed by atoms with van der Waals surface area (Å²) in [5.41, 5.74) is 0. The van der Waals surface area contributed by atoms with Crippen LogP contribution in [0.1, 0.15) is 265 Å². The summed E-state index contributed by atoms with van der Waals surface area (Å²) in [6.07, 6.45) is 67.4. The van der Waals surface area contributed by atoms with Crippen LogP contribution in [0.15, 0.2) is 72.9 Å². The first-order chi connectivity index (χ1) is 32.0. The Morgan fingerprint density at radius 1 is 0.323 bits per heavy atom. The van der Waals surface area contributed by atoms with Crippen LogP contribution in [0.25, 0.3) is 0 Å². The maximum Gasteiger partial charge on any atom is 0.306 e. The molecule has 0 radical (unpaired) electrons. The Kier molecular flexibility index (Phi) is 50.9. The second-order valence-corrected chi connectivity index (χ2v) is 18.1. The van der Waals surface area contributed by atoms with Gasteiger partial charge in [0.1, 0.15) is 13.2 Å². The molecule has 374 valence electrons. The van der Waals surface area contributed by atoms with Crippen LogP contribution in [0.3, 0.4) is 0 Å². The predicted octanol–water partition coefficient (Wildman–Crippen LogP) is 18.2. The second kappa shape index (κ2) is 53.5. The van der Waals surface area contributed by atoms with Gasteiger partial charge in [-0.3, -0.25) is 14.4 Å². The predicted molar refractivity (Wildman–Crippen MR) is 279 cm³/mol. The van der Waals surface area contributed by atoms with E-state index in [0.717, 1.165) is 103 Å². The minimum atomic E-state index is -0.790. The monoisotopic (exact) mass is 907 g/mol. The van der Waals surface area contributed by atoms with E-state index >= 15 is 0 Å². The van der Waals surface area contributed by atoms with E-state index in [4.69, 9.17) is 14.2 Å². The Bertz CT molecular complexity index is 1230. The van der Waals surface area contributed by atoms with E-state index in [-0.39, 0.29) is 31.1 Å². The number of rotatable bonds is 49. The van der Waals surface area contributed by atoms with E-state index in [2.05, 4.69) is 93.7 Å². The molecular formula is C59H102O6. The minimum absolute atomic E-state index is 0.0886. The molecule has 0 saturated heterocycles. The van der Waals surface area contributed by atoms with Gasteiger partial charge in [0.2, 0.25) is 0 Å². The molecule has 0 heterocycles. The quantitative estimate of drug-likeness (QED) is 0.0262. The van der Waals surface area contributed by atoms with Gasteiger partial charge in [0.25, 0.3) is 0 Å². The van der Waals surface area contributed by atoms with Crippen LogP contribution in [0, 0.1) is 0 Å². The van der Waals surface area contributed by atoms with Crippen LogP contribution in [0.5, 0.6) is 0 Å². The Morgan fingerprint density at radius 3 is 0.985 bits per heavy atom. The summed E-state index contributed by atoms with van der Waals surface area (Å²) in [6.45, 7) is 6.49. The normalized spacial score (nSPS) is 12.6. The highest BCUT2D eigenvalue weighted by Crippen LogP contribution is 2.15. The average Bonchev–Trinajstić information content (AvgIpc) is 3.30. The molecule has 0 spiro atoms. The van der Waals surface area contributed by atoms with Crippen molar-refractivity contribution in [1.29, 1.82) is 0 Å². The van der Waals surface area contributed by atoms with Crippen LogP contribution >= 0.6 is 0 Å². The van der Waals surface area contributed by atoms with Crippen LogP contribution in [0.2, 0.25) is 0 Å². The van der Waals surface area contributed by atoms with Crippen molar-refractivity contribution in [3.05, 3.63) is 72.9 Å². The van der Waals surface area contributed by atoms with Gasteiger partial charge in [-0.05, 0) is 89.9 Å². The van der Waals surface area contributed by atoms with Gasteiger partial charge >= 0.3 is 17.9 Å². The zero-order valence-corrected chi connectivity index (χ0v) is 42.7. The first kappa shape index (κ1) is 61.9. The first-order valence-electron chi connectivity index (χ1n) is 27.4. The van der Waals surface area contributed by atoms with Crippen molar-refractivity contribution in [2.45, 2.75) is 271 Å². The fourth-order valence-corrected chi connectivity index (χ4v) is 7.58. The third-order valence-electron chi connectivity index (χ3n) is 11.7. The lowest BCUT2D eigenvalue weighted by Gasteiger charge is -2.18. The highest BCUT2D eigenvalue weighted by Gasteiger charge is 2.19. The zero-order valence-electron chi connectivity index (χ0n) is 42.7. The maximum atomic E-state index is 12.8. The van der Waals surface area contributed by atoms with Gasteiger partial charge in [0.05, 0.1) is 0 Å². The fourth-order valence-electron chi connectivity index (χ4n) is 7.58. The van der Waals surface area contributed by atoms with Crippen LogP contribution in [-0.4, -0.2) is 37.2 Å². The van der Waals surface area contributed by atoms with Gasteiger partial charge in [-0.2, -0.15) is 0 Å². The molecule has 0 rings (SSSR count). The Balaban J connectivity index is 4.43. The molecule has 0 bridgehead atoms. The van der Waals surface area contributed by atoms with Gasteiger partial charge in [0, 0.05) is 19.3 Å². The smallest absolute Gasteiger partial charge is 0.306 e. The minimum Gasteiger partial charge on any atom is -0.462 e. The molecule has 0 aliphatic heterocycles. The Morgan fingerprint density at radius 2 is 0.600 bits per heavy atom. The van der Waals surface area contributed by atoms with E-state index in [1.165, 1.54) is 122 Å². The third kappa shape index (κ3) is 51.7. The number of unbranched alkanes of at least 4 members (excludes halogenated alkanes) is 26. The summed E-state index contributed by atoms with van der Waals surface area (Å²) in [4.78, 5) is 38.1. The highest BCUT2D eigenvalue weighted by atomic mass is 16.6. The molecule has 0 unspecified atom stereocenters. The van der Waals surface area contributed by atoms with Gasteiger partial charge in [0.15, 0.2) is 6.10 Å². The van der Waals surface area contributed by atoms with Gasteiger partial charge in [-0.25, -0.2) is 0 Å². The fraction of sp³-hybridized carbons (Fsp3) is 0.746. The number of hydrogen-bond acceptors (Lipinski definition) is 6. The molecule has 6 heteroatoms. The molecule has 0 saturated carbocycles. The Hall–Kier alpha value is -3.15. The van der Waals surface area contributed by atoms with Crippen LogP contribution in [0.4, 0.5) is 0 Å². The zero-order chi connectivity index (χ0) is 47.2. The molecule has 6 nitrogen and oxygen atoms in total. The van der Waals surface area contributed by atoms with Crippen molar-refractivity contribution in [3.8, 4) is 0 Å². The number of carbonyl (C=O) groups excluding carboxylic acids is 3. The van der Waals surface area contributed by atoms with Crippen molar-refractivity contribution in [1.82, 2.24) is 0 Å². The average molecular weight is 907 g/mol. The maximum absolute atomic E-state index is 12.8. The molecule has 0 aliphatic carbocycles. The van der Waals surface area contributed by atoms with E-state index in [0.29, 0.717) is 19.3 Å². The van der Waals surface area contributed by atoms with E-state index in [1.54, 1.807) is 0 Å². The molecule has 0 amide bonds. The lowest BCUT2D eigenvalue weighted by atomic mass is 10.0. The van der Waals surface area contributed by atoms with E-state index in [9.17, 15) is 14.4 Å². The van der Waals surface area contributed by atoms with E-state index < -0.39 is 6.10 Å². The molecule has 1 atom stereocenters. The molecule has 65 heavy (non-hydrogen) atoms.